The third-order valence-corrected chi connectivity index (χ3v) is 3.27. The molecule has 3 heteroatoms. The fourth-order valence-corrected chi connectivity index (χ4v) is 2.43. The number of hydrogen-bond donors (Lipinski definition) is 1. The normalized spacial score (nSPS) is 12.4. The number of hydrogen-bond acceptors (Lipinski definition) is 1. The minimum Gasteiger partial charge on any atom is -0.306 e. The van der Waals surface area contributed by atoms with Crippen molar-refractivity contribution in [3.63, 3.8) is 0 Å². The second-order valence-corrected chi connectivity index (χ2v) is 5.08. The van der Waals surface area contributed by atoms with Gasteiger partial charge in [-0.15, -0.1) is 0 Å². The molecule has 1 atom stereocenters. The van der Waals surface area contributed by atoms with Crippen LogP contribution in [0.15, 0.2) is 36.4 Å². The zero-order valence-corrected chi connectivity index (χ0v) is 12.0. The summed E-state index contributed by atoms with van der Waals surface area (Å²) in [6, 6.07) is 9.48. The van der Waals surface area contributed by atoms with Crippen LogP contribution in [0.2, 0.25) is 0 Å². The molecule has 1 N–H and O–H groups in total. The fraction of sp³-hybridized carbons (Fsp3) is 0.294. The van der Waals surface area contributed by atoms with Crippen molar-refractivity contribution >= 4 is 0 Å². The summed E-state index contributed by atoms with van der Waals surface area (Å²) < 4.78 is 27.7. The van der Waals surface area contributed by atoms with Crippen molar-refractivity contribution in [1.29, 1.82) is 0 Å². The average Bonchev–Trinajstić information content (AvgIpc) is 2.38. The Morgan fingerprint density at radius 3 is 2.40 bits per heavy atom. The standard InChI is InChI=1S/C17H19F2N/c1-4-20-17(13-7-12(3)8-14(18)10-13)15-9-11(2)5-6-16(15)19/h5-10,17,20H,4H2,1-3H3. The van der Waals surface area contributed by atoms with E-state index in [1.54, 1.807) is 6.07 Å². The number of nitrogens with one attached hydrogen (secondary N) is 1. The highest BCUT2D eigenvalue weighted by atomic mass is 19.1. The van der Waals surface area contributed by atoms with Crippen molar-refractivity contribution in [3.8, 4) is 0 Å². The third-order valence-electron chi connectivity index (χ3n) is 3.27. The van der Waals surface area contributed by atoms with Crippen LogP contribution in [-0.4, -0.2) is 6.54 Å². The lowest BCUT2D eigenvalue weighted by molar-refractivity contribution is 0.553. The Bertz CT molecular complexity index is 588. The van der Waals surface area contributed by atoms with Gasteiger partial charge in [-0.25, -0.2) is 8.78 Å². The summed E-state index contributed by atoms with van der Waals surface area (Å²) in [6.45, 7) is 6.38. The lowest BCUT2D eigenvalue weighted by Gasteiger charge is -2.20. The summed E-state index contributed by atoms with van der Waals surface area (Å²) >= 11 is 0. The van der Waals surface area contributed by atoms with Crippen molar-refractivity contribution in [2.75, 3.05) is 6.54 Å². The van der Waals surface area contributed by atoms with Crippen molar-refractivity contribution in [2.45, 2.75) is 26.8 Å². The molecule has 0 radical (unpaired) electrons. The molecule has 2 aromatic carbocycles. The average molecular weight is 275 g/mol. The van der Waals surface area contributed by atoms with Gasteiger partial charge in [0.05, 0.1) is 6.04 Å². The van der Waals surface area contributed by atoms with Crippen molar-refractivity contribution in [3.05, 3.63) is 70.3 Å². The Morgan fingerprint density at radius 1 is 1.00 bits per heavy atom. The van der Waals surface area contributed by atoms with Gasteiger partial charge in [-0.1, -0.05) is 30.7 Å². The first kappa shape index (κ1) is 14.7. The highest BCUT2D eigenvalue weighted by Crippen LogP contribution is 2.26. The SMILES string of the molecule is CCNC(c1cc(C)cc(F)c1)c1cc(C)ccc1F. The van der Waals surface area contributed by atoms with E-state index in [1.807, 2.05) is 32.9 Å². The Kier molecular flexibility index (Phi) is 4.50. The molecule has 1 unspecified atom stereocenters. The van der Waals surface area contributed by atoms with E-state index in [-0.39, 0.29) is 17.7 Å². The number of benzene rings is 2. The molecule has 2 rings (SSSR count). The predicted octanol–water partition coefficient (Wildman–Crippen LogP) is 4.28. The third kappa shape index (κ3) is 3.23. The summed E-state index contributed by atoms with van der Waals surface area (Å²) in [5, 5.41) is 3.23. The van der Waals surface area contributed by atoms with Crippen LogP contribution in [-0.2, 0) is 0 Å². The van der Waals surface area contributed by atoms with Crippen LogP contribution < -0.4 is 5.32 Å². The molecule has 0 fully saturated rings. The van der Waals surface area contributed by atoms with Crippen LogP contribution in [0.3, 0.4) is 0 Å². The van der Waals surface area contributed by atoms with Gasteiger partial charge in [-0.2, -0.15) is 0 Å². The van der Waals surface area contributed by atoms with E-state index < -0.39 is 0 Å². The first-order valence-corrected chi connectivity index (χ1v) is 6.77. The maximum Gasteiger partial charge on any atom is 0.128 e. The van der Waals surface area contributed by atoms with E-state index >= 15 is 0 Å². The molecule has 0 aliphatic rings. The quantitative estimate of drug-likeness (QED) is 0.878. The van der Waals surface area contributed by atoms with Gasteiger partial charge in [-0.05, 0) is 49.7 Å². The van der Waals surface area contributed by atoms with Gasteiger partial charge in [0.25, 0.3) is 0 Å². The van der Waals surface area contributed by atoms with E-state index in [0.29, 0.717) is 12.1 Å². The monoisotopic (exact) mass is 275 g/mol. The van der Waals surface area contributed by atoms with Crippen LogP contribution in [0.25, 0.3) is 0 Å². The molecule has 0 bridgehead atoms. The zero-order chi connectivity index (χ0) is 14.7. The molecule has 0 saturated heterocycles. The number of rotatable bonds is 4. The maximum atomic E-state index is 14.1. The minimum atomic E-state index is -0.339. The summed E-state index contributed by atoms with van der Waals surface area (Å²) in [4.78, 5) is 0. The largest absolute Gasteiger partial charge is 0.306 e. The lowest BCUT2D eigenvalue weighted by Crippen LogP contribution is -2.23. The summed E-state index contributed by atoms with van der Waals surface area (Å²) in [5.74, 6) is -0.570. The van der Waals surface area contributed by atoms with E-state index in [1.165, 1.54) is 18.2 Å². The molecule has 0 aliphatic heterocycles. The minimum absolute atomic E-state index is 0.275. The van der Waals surface area contributed by atoms with Gasteiger partial charge in [0, 0.05) is 5.56 Å². The lowest BCUT2D eigenvalue weighted by atomic mass is 9.95. The predicted molar refractivity (Wildman–Crippen MR) is 77.8 cm³/mol. The first-order valence-electron chi connectivity index (χ1n) is 6.77. The Morgan fingerprint density at radius 2 is 1.75 bits per heavy atom. The first-order chi connectivity index (χ1) is 9.51. The molecule has 0 amide bonds. The Labute approximate surface area is 118 Å². The van der Waals surface area contributed by atoms with E-state index in [2.05, 4.69) is 5.32 Å². The van der Waals surface area contributed by atoms with Crippen molar-refractivity contribution in [1.82, 2.24) is 5.32 Å². The molecule has 20 heavy (non-hydrogen) atoms. The van der Waals surface area contributed by atoms with Crippen LogP contribution in [0.1, 0.15) is 35.2 Å². The van der Waals surface area contributed by atoms with Gasteiger partial charge >= 0.3 is 0 Å². The Hall–Kier alpha value is -1.74. The van der Waals surface area contributed by atoms with Crippen molar-refractivity contribution < 1.29 is 8.78 Å². The van der Waals surface area contributed by atoms with E-state index in [0.717, 1.165) is 16.7 Å². The van der Waals surface area contributed by atoms with Crippen molar-refractivity contribution in [2.24, 2.45) is 0 Å². The molecule has 2 aromatic rings. The molecule has 0 aliphatic carbocycles. The van der Waals surface area contributed by atoms with Crippen LogP contribution in [0.4, 0.5) is 8.78 Å². The van der Waals surface area contributed by atoms with Gasteiger partial charge < -0.3 is 5.32 Å². The molecule has 0 saturated carbocycles. The molecule has 1 nitrogen and oxygen atoms in total. The maximum absolute atomic E-state index is 14.1. The highest BCUT2D eigenvalue weighted by molar-refractivity contribution is 5.37. The molecule has 0 spiro atoms. The van der Waals surface area contributed by atoms with Crippen LogP contribution in [0.5, 0.6) is 0 Å². The van der Waals surface area contributed by atoms with Crippen LogP contribution >= 0.6 is 0 Å². The fourth-order valence-electron chi connectivity index (χ4n) is 2.43. The topological polar surface area (TPSA) is 12.0 Å². The molecular weight excluding hydrogens is 256 g/mol. The number of aryl methyl sites for hydroxylation is 2. The van der Waals surface area contributed by atoms with E-state index in [4.69, 9.17) is 0 Å². The van der Waals surface area contributed by atoms with E-state index in [9.17, 15) is 8.78 Å². The summed E-state index contributed by atoms with van der Waals surface area (Å²) in [7, 11) is 0. The van der Waals surface area contributed by atoms with Gasteiger partial charge in [0.1, 0.15) is 11.6 Å². The summed E-state index contributed by atoms with van der Waals surface area (Å²) in [5.41, 5.74) is 3.11. The van der Waals surface area contributed by atoms with Gasteiger partial charge in [-0.3, -0.25) is 0 Å². The second kappa shape index (κ2) is 6.14. The van der Waals surface area contributed by atoms with Gasteiger partial charge in [0.2, 0.25) is 0 Å². The molecule has 0 aromatic heterocycles. The molecule has 106 valence electrons. The summed E-state index contributed by atoms with van der Waals surface area (Å²) in [6.07, 6.45) is 0. The zero-order valence-electron chi connectivity index (χ0n) is 12.0. The molecular formula is C17H19F2N. The highest BCUT2D eigenvalue weighted by Gasteiger charge is 2.18. The van der Waals surface area contributed by atoms with Gasteiger partial charge in [0.15, 0.2) is 0 Å². The Balaban J connectivity index is 2.52. The number of halogens is 2. The smallest absolute Gasteiger partial charge is 0.128 e. The second-order valence-electron chi connectivity index (χ2n) is 5.08. The van der Waals surface area contributed by atoms with Crippen LogP contribution in [0, 0.1) is 25.5 Å². The molecule has 0 heterocycles.